The third-order valence-corrected chi connectivity index (χ3v) is 4.18. The van der Waals surface area contributed by atoms with Crippen LogP contribution in [0.2, 0.25) is 0 Å². The van der Waals surface area contributed by atoms with Crippen LogP contribution in [0, 0.1) is 0 Å². The quantitative estimate of drug-likeness (QED) is 0.555. The molecule has 0 spiro atoms. The van der Waals surface area contributed by atoms with Gasteiger partial charge in [-0.2, -0.15) is 15.0 Å². The lowest BCUT2D eigenvalue weighted by molar-refractivity contribution is 0.200. The maximum absolute atomic E-state index is 5.07. The summed E-state index contributed by atoms with van der Waals surface area (Å²) in [7, 11) is 1.73. The van der Waals surface area contributed by atoms with E-state index in [-0.39, 0.29) is 0 Å². The highest BCUT2D eigenvalue weighted by atomic mass is 32.2. The maximum atomic E-state index is 5.07. The van der Waals surface area contributed by atoms with Crippen LogP contribution in [-0.4, -0.2) is 54.1 Å². The number of ether oxygens (including phenoxy) is 1. The van der Waals surface area contributed by atoms with Crippen LogP contribution in [0.25, 0.3) is 0 Å². The summed E-state index contributed by atoms with van der Waals surface area (Å²) in [6.45, 7) is 5.89. The molecule has 0 aliphatic carbocycles. The summed E-state index contributed by atoms with van der Waals surface area (Å²) in [6.07, 6.45) is 4.50. The van der Waals surface area contributed by atoms with Gasteiger partial charge in [-0.05, 0) is 25.7 Å². The van der Waals surface area contributed by atoms with Gasteiger partial charge in [-0.3, -0.25) is 0 Å². The topological polar surface area (TPSA) is 63.2 Å². The van der Waals surface area contributed by atoms with E-state index >= 15 is 0 Å². The Labute approximate surface area is 131 Å². The minimum atomic E-state index is 0.697. The Morgan fingerprint density at radius 1 is 1.24 bits per heavy atom. The van der Waals surface area contributed by atoms with Crippen molar-refractivity contribution in [1.82, 2.24) is 15.0 Å². The SMILES string of the molecule is CCCNc1nc(SCCCOC)nc(N2CCCC2)n1. The predicted octanol–water partition coefficient (Wildman–Crippen LogP) is 2.42. The normalized spacial score (nSPS) is 14.7. The number of thioether (sulfide) groups is 1. The summed E-state index contributed by atoms with van der Waals surface area (Å²) in [5, 5.41) is 4.08. The van der Waals surface area contributed by atoms with Crippen LogP contribution in [0.1, 0.15) is 32.6 Å². The van der Waals surface area contributed by atoms with Gasteiger partial charge < -0.3 is 15.0 Å². The zero-order valence-electron chi connectivity index (χ0n) is 13.0. The Balaban J connectivity index is 2.04. The van der Waals surface area contributed by atoms with E-state index in [0.29, 0.717) is 5.95 Å². The van der Waals surface area contributed by atoms with Crippen LogP contribution in [0.3, 0.4) is 0 Å². The van der Waals surface area contributed by atoms with Crippen LogP contribution < -0.4 is 10.2 Å². The fraction of sp³-hybridized carbons (Fsp3) is 0.786. The molecule has 6 nitrogen and oxygen atoms in total. The van der Waals surface area contributed by atoms with Crippen LogP contribution in [0.15, 0.2) is 5.16 Å². The van der Waals surface area contributed by atoms with E-state index in [1.54, 1.807) is 18.9 Å². The van der Waals surface area contributed by atoms with E-state index in [0.717, 1.165) is 55.9 Å². The highest BCUT2D eigenvalue weighted by molar-refractivity contribution is 7.99. The van der Waals surface area contributed by atoms with Crippen molar-refractivity contribution in [2.75, 3.05) is 49.3 Å². The van der Waals surface area contributed by atoms with Crippen molar-refractivity contribution in [3.8, 4) is 0 Å². The van der Waals surface area contributed by atoms with Gasteiger partial charge in [-0.15, -0.1) is 0 Å². The van der Waals surface area contributed by atoms with Crippen molar-refractivity contribution in [2.24, 2.45) is 0 Å². The van der Waals surface area contributed by atoms with Gasteiger partial charge in [0.15, 0.2) is 5.16 Å². The fourth-order valence-corrected chi connectivity index (χ4v) is 2.89. The summed E-state index contributed by atoms with van der Waals surface area (Å²) in [4.78, 5) is 15.9. The molecule has 0 radical (unpaired) electrons. The summed E-state index contributed by atoms with van der Waals surface area (Å²) >= 11 is 1.67. The fourth-order valence-electron chi connectivity index (χ4n) is 2.15. The first-order chi connectivity index (χ1) is 10.3. The minimum absolute atomic E-state index is 0.697. The molecule has 1 N–H and O–H groups in total. The zero-order chi connectivity index (χ0) is 14.9. The Morgan fingerprint density at radius 2 is 2.05 bits per heavy atom. The number of rotatable bonds is 9. The molecule has 21 heavy (non-hydrogen) atoms. The van der Waals surface area contributed by atoms with Gasteiger partial charge in [0.05, 0.1) is 0 Å². The molecule has 1 aromatic heterocycles. The molecule has 0 aromatic carbocycles. The van der Waals surface area contributed by atoms with Gasteiger partial charge in [0, 0.05) is 39.1 Å². The third kappa shape index (κ3) is 5.32. The smallest absolute Gasteiger partial charge is 0.231 e. The van der Waals surface area contributed by atoms with E-state index in [1.807, 2.05) is 0 Å². The molecular formula is C14H25N5OS. The average molecular weight is 311 g/mol. The zero-order valence-corrected chi connectivity index (χ0v) is 13.8. The highest BCUT2D eigenvalue weighted by Gasteiger charge is 2.17. The lowest BCUT2D eigenvalue weighted by Gasteiger charge is -2.16. The first-order valence-corrected chi connectivity index (χ1v) is 8.68. The van der Waals surface area contributed by atoms with Crippen LogP contribution in [-0.2, 0) is 4.74 Å². The van der Waals surface area contributed by atoms with Gasteiger partial charge in [-0.1, -0.05) is 18.7 Å². The van der Waals surface area contributed by atoms with Crippen molar-refractivity contribution in [3.05, 3.63) is 0 Å². The summed E-state index contributed by atoms with van der Waals surface area (Å²) in [5.41, 5.74) is 0. The molecule has 1 aromatic rings. The van der Waals surface area contributed by atoms with Crippen LogP contribution in [0.5, 0.6) is 0 Å². The average Bonchev–Trinajstić information content (AvgIpc) is 3.04. The number of hydrogen-bond donors (Lipinski definition) is 1. The minimum Gasteiger partial charge on any atom is -0.385 e. The van der Waals surface area contributed by atoms with E-state index in [1.165, 1.54) is 12.8 Å². The number of aromatic nitrogens is 3. The summed E-state index contributed by atoms with van der Waals surface area (Å²) < 4.78 is 5.07. The van der Waals surface area contributed by atoms with Crippen molar-refractivity contribution < 1.29 is 4.74 Å². The highest BCUT2D eigenvalue weighted by Crippen LogP contribution is 2.21. The largest absolute Gasteiger partial charge is 0.385 e. The molecule has 0 amide bonds. The van der Waals surface area contributed by atoms with E-state index in [9.17, 15) is 0 Å². The Hall–Kier alpha value is -1.08. The Morgan fingerprint density at radius 3 is 2.76 bits per heavy atom. The molecular weight excluding hydrogens is 286 g/mol. The van der Waals surface area contributed by atoms with Gasteiger partial charge in [0.1, 0.15) is 0 Å². The second-order valence-corrected chi connectivity index (χ2v) is 6.12. The van der Waals surface area contributed by atoms with Crippen molar-refractivity contribution in [2.45, 2.75) is 37.8 Å². The summed E-state index contributed by atoms with van der Waals surface area (Å²) in [6, 6.07) is 0. The number of hydrogen-bond acceptors (Lipinski definition) is 7. The number of nitrogens with one attached hydrogen (secondary N) is 1. The first kappa shape index (κ1) is 16.3. The molecule has 1 aliphatic heterocycles. The van der Waals surface area contributed by atoms with Crippen molar-refractivity contribution in [1.29, 1.82) is 0 Å². The standard InChI is InChI=1S/C14H25N5OS/c1-3-7-15-12-16-13(19-8-4-5-9-19)18-14(17-12)21-11-6-10-20-2/h3-11H2,1-2H3,(H,15,16,17,18). The molecule has 0 unspecified atom stereocenters. The molecule has 2 rings (SSSR count). The monoisotopic (exact) mass is 311 g/mol. The van der Waals surface area contributed by atoms with Crippen LogP contribution in [0.4, 0.5) is 11.9 Å². The first-order valence-electron chi connectivity index (χ1n) is 7.70. The van der Waals surface area contributed by atoms with Crippen LogP contribution >= 0.6 is 11.8 Å². The number of nitrogens with zero attached hydrogens (tertiary/aromatic N) is 4. The molecule has 118 valence electrons. The molecule has 7 heteroatoms. The Kier molecular flexibility index (Phi) is 7.02. The molecule has 0 atom stereocenters. The third-order valence-electron chi connectivity index (χ3n) is 3.25. The second kappa shape index (κ2) is 9.04. The second-order valence-electron chi connectivity index (χ2n) is 5.06. The van der Waals surface area contributed by atoms with E-state index < -0.39 is 0 Å². The van der Waals surface area contributed by atoms with Gasteiger partial charge in [-0.25, -0.2) is 0 Å². The molecule has 1 aliphatic rings. The van der Waals surface area contributed by atoms with Crippen molar-refractivity contribution in [3.63, 3.8) is 0 Å². The van der Waals surface area contributed by atoms with Gasteiger partial charge >= 0.3 is 0 Å². The number of anilines is 2. The number of methoxy groups -OCH3 is 1. The van der Waals surface area contributed by atoms with E-state index in [4.69, 9.17) is 4.74 Å². The Bertz CT molecular complexity index is 426. The maximum Gasteiger partial charge on any atom is 0.231 e. The predicted molar refractivity (Wildman–Crippen MR) is 87.3 cm³/mol. The molecule has 2 heterocycles. The summed E-state index contributed by atoms with van der Waals surface area (Å²) in [5.74, 6) is 2.48. The lowest BCUT2D eigenvalue weighted by atomic mass is 10.4. The molecule has 1 saturated heterocycles. The van der Waals surface area contributed by atoms with E-state index in [2.05, 4.69) is 32.1 Å². The van der Waals surface area contributed by atoms with Gasteiger partial charge in [0.2, 0.25) is 11.9 Å². The van der Waals surface area contributed by atoms with Gasteiger partial charge in [0.25, 0.3) is 0 Å². The van der Waals surface area contributed by atoms with Crippen molar-refractivity contribution >= 4 is 23.7 Å². The molecule has 0 bridgehead atoms. The molecule has 0 saturated carbocycles. The molecule has 1 fully saturated rings. The lowest BCUT2D eigenvalue weighted by Crippen LogP contribution is -2.22.